The number of alkyl halides is 1. The summed E-state index contributed by atoms with van der Waals surface area (Å²) in [5, 5.41) is 7.42. The van der Waals surface area contributed by atoms with Crippen LogP contribution < -0.4 is 10.1 Å². The number of anilines is 1. The molecule has 3 aromatic rings. The van der Waals surface area contributed by atoms with Crippen LogP contribution in [0.2, 0.25) is 0 Å². The smallest absolute Gasteiger partial charge is 0.248 e. The van der Waals surface area contributed by atoms with E-state index in [2.05, 4.69) is 31.3 Å². The largest absolute Gasteiger partial charge is 0.487 e. The topological polar surface area (TPSA) is 147 Å². The summed E-state index contributed by atoms with van der Waals surface area (Å²) in [5.41, 5.74) is 0.625. The number of hydrogen-bond donors (Lipinski definition) is 3. The summed E-state index contributed by atoms with van der Waals surface area (Å²) in [6.45, 7) is 0.812. The molecule has 0 radical (unpaired) electrons. The molecule has 202 valence electrons. The SMILES string of the molecule is CC(=O)c1nn(CC(=O)N2C[C@H](F)C[C@H]2C(=O)Nc2cccc(Br)n2)c2ccc(OC3CS(O)(O)C3)cc12. The summed E-state index contributed by atoms with van der Waals surface area (Å²) in [5.74, 6) is -0.386. The molecule has 3 N–H and O–H groups in total. The molecule has 2 saturated heterocycles. The van der Waals surface area contributed by atoms with Gasteiger partial charge in [-0.2, -0.15) is 15.7 Å². The molecule has 14 heteroatoms. The quantitative estimate of drug-likeness (QED) is 0.272. The van der Waals surface area contributed by atoms with Gasteiger partial charge in [-0.1, -0.05) is 6.07 Å². The minimum atomic E-state index is -2.57. The van der Waals surface area contributed by atoms with Crippen molar-refractivity contribution in [2.45, 2.75) is 38.2 Å². The summed E-state index contributed by atoms with van der Waals surface area (Å²) >= 11 is 3.23. The van der Waals surface area contributed by atoms with E-state index in [4.69, 9.17) is 4.74 Å². The predicted molar refractivity (Wildman–Crippen MR) is 142 cm³/mol. The lowest BCUT2D eigenvalue weighted by Crippen LogP contribution is -2.44. The standard InChI is InChI=1S/C24H25BrFN5O6S/c1-13(32)23-17-8-15(37-16-11-38(35,36)12-16)5-6-18(17)31(29-23)10-22(33)30-9-14(26)7-19(30)24(34)28-21-4-2-3-20(25)27-21/h2-6,8,14,16,19,35-36H,7,9-12H2,1H3,(H,27,28,34)/t14-,19+/m1/s1. The number of carbonyl (C=O) groups is 3. The molecule has 0 aliphatic carbocycles. The minimum Gasteiger partial charge on any atom is -0.487 e. The highest BCUT2D eigenvalue weighted by atomic mass is 79.9. The van der Waals surface area contributed by atoms with Crippen molar-refractivity contribution in [1.82, 2.24) is 19.7 Å². The highest BCUT2D eigenvalue weighted by molar-refractivity contribution is 9.10. The number of aromatic nitrogens is 3. The van der Waals surface area contributed by atoms with Crippen molar-refractivity contribution < 1.29 is 32.6 Å². The first-order valence-electron chi connectivity index (χ1n) is 11.8. The number of Topliss-reactive ketones (excluding diaryl/α,β-unsaturated/α-hetero) is 1. The zero-order chi connectivity index (χ0) is 27.2. The average molecular weight is 610 g/mol. The number of likely N-dealkylation sites (tertiary alicyclic amines) is 1. The Bertz CT molecular complexity index is 1430. The Labute approximate surface area is 226 Å². The van der Waals surface area contributed by atoms with Gasteiger partial charge < -0.3 is 15.0 Å². The molecule has 2 aliphatic rings. The van der Waals surface area contributed by atoms with E-state index in [-0.39, 0.29) is 54.4 Å². The molecule has 0 unspecified atom stereocenters. The lowest BCUT2D eigenvalue weighted by Gasteiger charge is -2.46. The third-order valence-electron chi connectivity index (χ3n) is 6.39. The van der Waals surface area contributed by atoms with Gasteiger partial charge in [-0.05, 0) is 46.3 Å². The molecule has 2 aromatic heterocycles. The Morgan fingerprint density at radius 2 is 2.00 bits per heavy atom. The summed E-state index contributed by atoms with van der Waals surface area (Å²) in [4.78, 5) is 43.8. The van der Waals surface area contributed by atoms with Crippen molar-refractivity contribution in [2.24, 2.45) is 0 Å². The number of fused-ring (bicyclic) bond motifs is 1. The van der Waals surface area contributed by atoms with Crippen LogP contribution in [0.25, 0.3) is 10.9 Å². The number of nitrogens with one attached hydrogen (secondary N) is 1. The van der Waals surface area contributed by atoms with Crippen LogP contribution in [0.4, 0.5) is 10.2 Å². The van der Waals surface area contributed by atoms with E-state index in [0.717, 1.165) is 0 Å². The second-order valence-corrected chi connectivity index (χ2v) is 12.4. The molecule has 0 spiro atoms. The number of halogens is 2. The van der Waals surface area contributed by atoms with Crippen molar-refractivity contribution in [3.63, 3.8) is 0 Å². The van der Waals surface area contributed by atoms with Crippen molar-refractivity contribution in [3.8, 4) is 5.75 Å². The van der Waals surface area contributed by atoms with Gasteiger partial charge in [-0.3, -0.25) is 28.2 Å². The van der Waals surface area contributed by atoms with E-state index in [1.165, 1.54) is 16.5 Å². The molecule has 4 heterocycles. The number of nitrogens with zero attached hydrogens (tertiary/aromatic N) is 4. The zero-order valence-corrected chi connectivity index (χ0v) is 22.6. The molecular weight excluding hydrogens is 585 g/mol. The third-order valence-corrected chi connectivity index (χ3v) is 8.64. The number of benzene rings is 1. The van der Waals surface area contributed by atoms with Gasteiger partial charge in [-0.25, -0.2) is 9.37 Å². The fourth-order valence-corrected chi connectivity index (χ4v) is 6.21. The number of ether oxygens (including phenoxy) is 1. The molecule has 1 aromatic carbocycles. The highest BCUT2D eigenvalue weighted by Gasteiger charge is 2.40. The Hall–Kier alpha value is -3.07. The van der Waals surface area contributed by atoms with Gasteiger partial charge >= 0.3 is 0 Å². The fourth-order valence-electron chi connectivity index (χ4n) is 4.63. The van der Waals surface area contributed by atoms with E-state index in [0.29, 0.717) is 21.3 Å². The Kier molecular flexibility index (Phi) is 7.15. The van der Waals surface area contributed by atoms with Crippen LogP contribution in [0.3, 0.4) is 0 Å². The number of carbonyl (C=O) groups excluding carboxylic acids is 3. The summed E-state index contributed by atoms with van der Waals surface area (Å²) in [6, 6.07) is 8.87. The Morgan fingerprint density at radius 1 is 1.24 bits per heavy atom. The van der Waals surface area contributed by atoms with Crippen molar-refractivity contribution in [2.75, 3.05) is 23.4 Å². The van der Waals surface area contributed by atoms with Gasteiger partial charge in [0.15, 0.2) is 5.78 Å². The first-order chi connectivity index (χ1) is 18.0. The van der Waals surface area contributed by atoms with Crippen molar-refractivity contribution in [3.05, 3.63) is 46.7 Å². The maximum absolute atomic E-state index is 14.4. The average Bonchev–Trinajstić information content (AvgIpc) is 3.38. The van der Waals surface area contributed by atoms with Crippen molar-refractivity contribution in [1.29, 1.82) is 0 Å². The van der Waals surface area contributed by atoms with Crippen LogP contribution >= 0.6 is 26.5 Å². The monoisotopic (exact) mass is 609 g/mol. The van der Waals surface area contributed by atoms with Gasteiger partial charge in [0.05, 0.1) is 23.6 Å². The first-order valence-corrected chi connectivity index (χ1v) is 14.5. The van der Waals surface area contributed by atoms with Gasteiger partial charge in [0.1, 0.15) is 46.7 Å². The molecule has 2 atom stereocenters. The zero-order valence-electron chi connectivity index (χ0n) is 20.2. The first kappa shape index (κ1) is 26.5. The number of ketones is 1. The van der Waals surface area contributed by atoms with Crippen LogP contribution in [0, 0.1) is 0 Å². The number of hydrogen-bond acceptors (Lipinski definition) is 8. The maximum atomic E-state index is 14.4. The van der Waals surface area contributed by atoms with Crippen LogP contribution in [0.15, 0.2) is 41.0 Å². The van der Waals surface area contributed by atoms with Crippen LogP contribution in [0.5, 0.6) is 5.75 Å². The van der Waals surface area contributed by atoms with E-state index < -0.39 is 34.6 Å². The number of pyridine rings is 1. The molecule has 0 bridgehead atoms. The number of rotatable bonds is 7. The fraction of sp³-hybridized carbons (Fsp3) is 0.375. The van der Waals surface area contributed by atoms with E-state index in [9.17, 15) is 27.9 Å². The van der Waals surface area contributed by atoms with Gasteiger partial charge in [0, 0.05) is 18.7 Å². The molecular formula is C24H25BrFN5O6S. The molecule has 0 saturated carbocycles. The lowest BCUT2D eigenvalue weighted by molar-refractivity contribution is -0.137. The molecule has 11 nitrogen and oxygen atoms in total. The predicted octanol–water partition coefficient (Wildman–Crippen LogP) is 3.49. The van der Waals surface area contributed by atoms with Gasteiger partial charge in [0.25, 0.3) is 0 Å². The molecule has 2 amide bonds. The van der Waals surface area contributed by atoms with Crippen LogP contribution in [-0.4, -0.2) is 82.7 Å². The molecule has 5 rings (SSSR count). The second kappa shape index (κ2) is 10.2. The van der Waals surface area contributed by atoms with E-state index in [1.54, 1.807) is 36.4 Å². The van der Waals surface area contributed by atoms with Gasteiger partial charge in [0.2, 0.25) is 11.8 Å². The second-order valence-electron chi connectivity index (χ2n) is 9.35. The lowest BCUT2D eigenvalue weighted by atomic mass is 10.1. The third kappa shape index (κ3) is 5.53. The summed E-state index contributed by atoms with van der Waals surface area (Å²) < 4.78 is 41.2. The van der Waals surface area contributed by atoms with Gasteiger partial charge in [-0.15, -0.1) is 0 Å². The molecule has 2 aliphatic heterocycles. The summed E-state index contributed by atoms with van der Waals surface area (Å²) in [6.07, 6.45) is -1.85. The van der Waals surface area contributed by atoms with Crippen LogP contribution in [0.1, 0.15) is 23.8 Å². The van der Waals surface area contributed by atoms with Crippen molar-refractivity contribution >= 4 is 60.8 Å². The minimum absolute atomic E-state index is 0.135. The maximum Gasteiger partial charge on any atom is 0.248 e. The Morgan fingerprint density at radius 3 is 2.68 bits per heavy atom. The van der Waals surface area contributed by atoms with Crippen LogP contribution in [-0.2, 0) is 16.1 Å². The number of amides is 2. The van der Waals surface area contributed by atoms with E-state index >= 15 is 0 Å². The normalized spacial score (nSPS) is 21.7. The van der Waals surface area contributed by atoms with E-state index in [1.807, 2.05) is 0 Å². The highest BCUT2D eigenvalue weighted by Crippen LogP contribution is 2.49. The molecule has 38 heavy (non-hydrogen) atoms. The Balaban J connectivity index is 1.34. The molecule has 2 fully saturated rings. The summed E-state index contributed by atoms with van der Waals surface area (Å²) in [7, 11) is -2.57.